The van der Waals surface area contributed by atoms with Crippen molar-refractivity contribution >= 4 is 11.9 Å². The molecule has 1 aromatic heterocycles. The van der Waals surface area contributed by atoms with E-state index in [1.165, 1.54) is 13.8 Å². The fourth-order valence-corrected chi connectivity index (χ4v) is 1.40. The zero-order valence-electron chi connectivity index (χ0n) is 10.8. The van der Waals surface area contributed by atoms with E-state index in [1.54, 1.807) is 0 Å². The summed E-state index contributed by atoms with van der Waals surface area (Å²) in [5, 5.41) is 3.12. The first-order chi connectivity index (χ1) is 7.86. The van der Waals surface area contributed by atoms with Gasteiger partial charge in [-0.25, -0.2) is 4.39 Å². The van der Waals surface area contributed by atoms with Crippen LogP contribution in [0, 0.1) is 0 Å². The van der Waals surface area contributed by atoms with Crippen LogP contribution in [0.2, 0.25) is 0 Å². The second-order valence-electron chi connectivity index (χ2n) is 4.47. The number of anilines is 2. The lowest BCUT2D eigenvalue weighted by molar-refractivity contribution is 0.206. The zero-order valence-corrected chi connectivity index (χ0v) is 10.8. The fraction of sp³-hybridized carbons (Fsp3) is 0.727. The molecule has 0 unspecified atom stereocenters. The van der Waals surface area contributed by atoms with Crippen LogP contribution in [0.1, 0.15) is 46.4 Å². The van der Waals surface area contributed by atoms with Crippen LogP contribution in [0.15, 0.2) is 0 Å². The first kappa shape index (κ1) is 13.6. The van der Waals surface area contributed by atoms with Crippen molar-refractivity contribution in [3.63, 3.8) is 0 Å². The normalized spacial score (nSPS) is 11.9. The minimum atomic E-state index is -1.62. The molecule has 5 nitrogen and oxygen atoms in total. The molecule has 3 N–H and O–H groups in total. The molecule has 0 radical (unpaired) electrons. The highest BCUT2D eigenvalue weighted by molar-refractivity contribution is 5.33. The summed E-state index contributed by atoms with van der Waals surface area (Å²) in [4.78, 5) is 11.8. The Morgan fingerprint density at radius 2 is 1.82 bits per heavy atom. The van der Waals surface area contributed by atoms with Gasteiger partial charge in [-0.2, -0.15) is 15.0 Å². The van der Waals surface area contributed by atoms with Gasteiger partial charge in [0.2, 0.25) is 11.9 Å². The van der Waals surface area contributed by atoms with Gasteiger partial charge in [-0.3, -0.25) is 0 Å². The number of nitrogen functional groups attached to an aromatic ring is 1. The van der Waals surface area contributed by atoms with Crippen molar-refractivity contribution in [1.82, 2.24) is 15.0 Å². The molecule has 0 saturated carbocycles. The minimum absolute atomic E-state index is 0.0363. The molecule has 0 saturated heterocycles. The van der Waals surface area contributed by atoms with Crippen molar-refractivity contribution in [1.29, 1.82) is 0 Å². The Labute approximate surface area is 101 Å². The van der Waals surface area contributed by atoms with Crippen LogP contribution in [-0.2, 0) is 5.67 Å². The monoisotopic (exact) mass is 241 g/mol. The largest absolute Gasteiger partial charge is 0.368 e. The Morgan fingerprint density at radius 1 is 1.24 bits per heavy atom. The average Bonchev–Trinajstić information content (AvgIpc) is 2.24. The molecule has 0 spiro atoms. The second-order valence-corrected chi connectivity index (χ2v) is 4.47. The van der Waals surface area contributed by atoms with Crippen LogP contribution < -0.4 is 11.1 Å². The highest BCUT2D eigenvalue weighted by atomic mass is 19.1. The van der Waals surface area contributed by atoms with E-state index in [0.29, 0.717) is 5.95 Å². The smallest absolute Gasteiger partial charge is 0.228 e. The number of nitrogens with zero attached hydrogens (tertiary/aromatic N) is 3. The highest BCUT2D eigenvalue weighted by Crippen LogP contribution is 2.22. The van der Waals surface area contributed by atoms with Crippen LogP contribution in [0.4, 0.5) is 16.3 Å². The van der Waals surface area contributed by atoms with Gasteiger partial charge < -0.3 is 11.1 Å². The van der Waals surface area contributed by atoms with Gasteiger partial charge in [-0.05, 0) is 26.7 Å². The van der Waals surface area contributed by atoms with Crippen molar-refractivity contribution in [3.8, 4) is 0 Å². The molecule has 0 aliphatic carbocycles. The van der Waals surface area contributed by atoms with Gasteiger partial charge in [-0.1, -0.05) is 13.8 Å². The fourth-order valence-electron chi connectivity index (χ4n) is 1.40. The number of alkyl halides is 1. The molecule has 96 valence electrons. The number of hydrogen-bond acceptors (Lipinski definition) is 5. The summed E-state index contributed by atoms with van der Waals surface area (Å²) in [6.07, 6.45) is 1.88. The standard InChI is InChI=1S/C11H20FN5/c1-5-7(6-2)14-10-16-8(11(3,4)12)15-9(13)17-10/h7H,5-6H2,1-4H3,(H3,13,14,15,16,17). The summed E-state index contributed by atoms with van der Waals surface area (Å²) in [6.45, 7) is 6.91. The van der Waals surface area contributed by atoms with Crippen LogP contribution in [-0.4, -0.2) is 21.0 Å². The molecule has 1 aromatic rings. The number of rotatable bonds is 5. The first-order valence-corrected chi connectivity index (χ1v) is 5.84. The van der Waals surface area contributed by atoms with E-state index in [2.05, 4.69) is 34.1 Å². The lowest BCUT2D eigenvalue weighted by atomic mass is 10.1. The van der Waals surface area contributed by atoms with Crippen molar-refractivity contribution in [3.05, 3.63) is 5.82 Å². The molecular formula is C11H20FN5. The second kappa shape index (κ2) is 5.25. The maximum atomic E-state index is 13.7. The van der Waals surface area contributed by atoms with Gasteiger partial charge in [0, 0.05) is 6.04 Å². The SMILES string of the molecule is CCC(CC)Nc1nc(N)nc(C(C)(C)F)n1. The van der Waals surface area contributed by atoms with Gasteiger partial charge in [-0.15, -0.1) is 0 Å². The highest BCUT2D eigenvalue weighted by Gasteiger charge is 2.24. The van der Waals surface area contributed by atoms with Crippen LogP contribution in [0.25, 0.3) is 0 Å². The molecule has 1 rings (SSSR count). The molecule has 17 heavy (non-hydrogen) atoms. The lowest BCUT2D eigenvalue weighted by Crippen LogP contribution is -2.23. The molecular weight excluding hydrogens is 221 g/mol. The summed E-state index contributed by atoms with van der Waals surface area (Å²) in [7, 11) is 0. The summed E-state index contributed by atoms with van der Waals surface area (Å²) in [6, 6.07) is 0.257. The summed E-state index contributed by atoms with van der Waals surface area (Å²) in [5.74, 6) is 0.430. The summed E-state index contributed by atoms with van der Waals surface area (Å²) >= 11 is 0. The third-order valence-corrected chi connectivity index (χ3v) is 2.50. The zero-order chi connectivity index (χ0) is 13.1. The predicted octanol–water partition coefficient (Wildman–Crippen LogP) is 2.26. The van der Waals surface area contributed by atoms with E-state index < -0.39 is 5.67 Å². The molecule has 6 heteroatoms. The number of nitrogens with two attached hydrogens (primary N) is 1. The molecule has 1 heterocycles. The van der Waals surface area contributed by atoms with E-state index in [4.69, 9.17) is 5.73 Å². The summed E-state index contributed by atoms with van der Waals surface area (Å²) < 4.78 is 13.7. The lowest BCUT2D eigenvalue weighted by Gasteiger charge is -2.17. The predicted molar refractivity (Wildman–Crippen MR) is 66.4 cm³/mol. The number of hydrogen-bond donors (Lipinski definition) is 2. The van der Waals surface area contributed by atoms with E-state index in [1.807, 2.05) is 0 Å². The Balaban J connectivity index is 2.97. The third kappa shape index (κ3) is 3.80. The van der Waals surface area contributed by atoms with Gasteiger partial charge >= 0.3 is 0 Å². The van der Waals surface area contributed by atoms with Crippen LogP contribution in [0.3, 0.4) is 0 Å². The van der Waals surface area contributed by atoms with E-state index in [9.17, 15) is 4.39 Å². The Bertz CT molecular complexity index is 371. The topological polar surface area (TPSA) is 76.7 Å². The van der Waals surface area contributed by atoms with E-state index in [-0.39, 0.29) is 17.8 Å². The summed E-state index contributed by atoms with van der Waals surface area (Å²) in [5.41, 5.74) is 3.92. The van der Waals surface area contributed by atoms with Crippen LogP contribution >= 0.6 is 0 Å². The Morgan fingerprint density at radius 3 is 2.29 bits per heavy atom. The average molecular weight is 241 g/mol. The van der Waals surface area contributed by atoms with Crippen molar-refractivity contribution in [2.75, 3.05) is 11.1 Å². The maximum absolute atomic E-state index is 13.7. The molecule has 0 amide bonds. The first-order valence-electron chi connectivity index (χ1n) is 5.84. The molecule has 0 aromatic carbocycles. The minimum Gasteiger partial charge on any atom is -0.368 e. The van der Waals surface area contributed by atoms with Crippen molar-refractivity contribution < 1.29 is 4.39 Å². The third-order valence-electron chi connectivity index (χ3n) is 2.50. The Kier molecular flexibility index (Phi) is 4.20. The molecule has 0 fully saturated rings. The van der Waals surface area contributed by atoms with Gasteiger partial charge in [0.05, 0.1) is 0 Å². The van der Waals surface area contributed by atoms with Crippen molar-refractivity contribution in [2.45, 2.75) is 52.2 Å². The maximum Gasteiger partial charge on any atom is 0.228 e. The van der Waals surface area contributed by atoms with E-state index in [0.717, 1.165) is 12.8 Å². The molecule has 0 aliphatic heterocycles. The van der Waals surface area contributed by atoms with E-state index >= 15 is 0 Å². The number of halogens is 1. The van der Waals surface area contributed by atoms with Crippen molar-refractivity contribution in [2.24, 2.45) is 0 Å². The number of aromatic nitrogens is 3. The molecule has 0 aliphatic rings. The van der Waals surface area contributed by atoms with Gasteiger partial charge in [0.25, 0.3) is 0 Å². The van der Waals surface area contributed by atoms with Crippen LogP contribution in [0.5, 0.6) is 0 Å². The number of nitrogens with one attached hydrogen (secondary N) is 1. The molecule has 0 atom stereocenters. The quantitative estimate of drug-likeness (QED) is 0.826. The Hall–Kier alpha value is -1.46. The molecule has 0 bridgehead atoms. The van der Waals surface area contributed by atoms with Gasteiger partial charge in [0.1, 0.15) is 0 Å². The van der Waals surface area contributed by atoms with Gasteiger partial charge in [0.15, 0.2) is 11.5 Å².